The highest BCUT2D eigenvalue weighted by molar-refractivity contribution is 9.11. The smallest absolute Gasteiger partial charge is 0.267 e. The Morgan fingerprint density at radius 2 is 1.63 bits per heavy atom. The Morgan fingerprint density at radius 1 is 0.967 bits per heavy atom. The minimum absolute atomic E-state index is 0.285. The first-order chi connectivity index (χ1) is 14.5. The van der Waals surface area contributed by atoms with Gasteiger partial charge in [0.2, 0.25) is 0 Å². The molecule has 0 aliphatic carbocycles. The van der Waals surface area contributed by atoms with Crippen molar-refractivity contribution in [2.45, 2.75) is 6.92 Å². The number of nitrogens with one attached hydrogen (secondary N) is 1. The van der Waals surface area contributed by atoms with Gasteiger partial charge in [0.15, 0.2) is 0 Å². The van der Waals surface area contributed by atoms with E-state index in [1.165, 1.54) is 0 Å². The zero-order valence-electron chi connectivity index (χ0n) is 16.1. The lowest BCUT2D eigenvalue weighted by Crippen LogP contribution is -2.18. The highest BCUT2D eigenvalue weighted by Crippen LogP contribution is 2.26. The summed E-state index contributed by atoms with van der Waals surface area (Å²) in [4.78, 5) is 17.7. The number of halogens is 2. The maximum absolute atomic E-state index is 12.9. The molecule has 0 spiro atoms. The van der Waals surface area contributed by atoms with Crippen molar-refractivity contribution >= 4 is 54.9 Å². The number of hydrazone groups is 1. The van der Waals surface area contributed by atoms with Gasteiger partial charge in [-0.2, -0.15) is 5.10 Å². The Hall–Kier alpha value is -2.83. The normalized spacial score (nSPS) is 11.2. The molecule has 30 heavy (non-hydrogen) atoms. The van der Waals surface area contributed by atoms with Gasteiger partial charge in [-0.25, -0.2) is 10.4 Å². The first kappa shape index (κ1) is 20.4. The van der Waals surface area contributed by atoms with Crippen molar-refractivity contribution in [3.63, 3.8) is 0 Å². The molecule has 0 unspecified atom stereocenters. The van der Waals surface area contributed by atoms with E-state index in [9.17, 15) is 4.79 Å². The van der Waals surface area contributed by atoms with Gasteiger partial charge in [0.25, 0.3) is 5.91 Å². The average Bonchev–Trinajstić information content (AvgIpc) is 2.77. The SMILES string of the molecule is Cc1c(Br)cc(/C=N\NC(=O)c2cc(-c3ccccc3)nc3ccccc23)cc1Br. The third-order valence-electron chi connectivity index (χ3n) is 4.71. The van der Waals surface area contributed by atoms with E-state index in [1.807, 2.05) is 79.7 Å². The molecule has 0 aliphatic heterocycles. The summed E-state index contributed by atoms with van der Waals surface area (Å²) in [6.07, 6.45) is 1.62. The number of fused-ring (bicyclic) bond motifs is 1. The minimum atomic E-state index is -0.285. The standard InChI is InChI=1S/C24H17Br2N3O/c1-15-20(25)11-16(12-21(15)26)14-27-29-24(30)19-13-23(17-7-3-2-4-8-17)28-22-10-6-5-9-18(19)22/h2-14H,1H3,(H,29,30)/b27-14-. The molecule has 1 heterocycles. The Balaban J connectivity index is 1.66. The van der Waals surface area contributed by atoms with E-state index >= 15 is 0 Å². The number of carbonyl (C=O) groups excluding carboxylic acids is 1. The van der Waals surface area contributed by atoms with Crippen molar-refractivity contribution in [3.8, 4) is 11.3 Å². The summed E-state index contributed by atoms with van der Waals surface area (Å²) in [6, 6.07) is 23.1. The fourth-order valence-corrected chi connectivity index (χ4v) is 4.31. The highest BCUT2D eigenvalue weighted by Gasteiger charge is 2.13. The molecule has 4 aromatic rings. The summed E-state index contributed by atoms with van der Waals surface area (Å²) in [5.74, 6) is -0.285. The quantitative estimate of drug-likeness (QED) is 0.245. The zero-order chi connectivity index (χ0) is 21.1. The molecular weight excluding hydrogens is 506 g/mol. The molecule has 4 nitrogen and oxygen atoms in total. The Bertz CT molecular complexity index is 1250. The monoisotopic (exact) mass is 521 g/mol. The van der Waals surface area contributed by atoms with Gasteiger partial charge < -0.3 is 0 Å². The second-order valence-electron chi connectivity index (χ2n) is 6.75. The number of carbonyl (C=O) groups is 1. The summed E-state index contributed by atoms with van der Waals surface area (Å²) < 4.78 is 1.94. The van der Waals surface area contributed by atoms with Crippen molar-refractivity contribution < 1.29 is 4.79 Å². The molecule has 1 aromatic heterocycles. The second-order valence-corrected chi connectivity index (χ2v) is 8.46. The lowest BCUT2D eigenvalue weighted by atomic mass is 10.0. The van der Waals surface area contributed by atoms with Crippen LogP contribution in [0.1, 0.15) is 21.5 Å². The fraction of sp³-hybridized carbons (Fsp3) is 0.0417. The van der Waals surface area contributed by atoms with Crippen LogP contribution in [0.4, 0.5) is 0 Å². The lowest BCUT2D eigenvalue weighted by molar-refractivity contribution is 0.0956. The second kappa shape index (κ2) is 8.90. The van der Waals surface area contributed by atoms with Gasteiger partial charge in [-0.1, -0.05) is 80.4 Å². The Morgan fingerprint density at radius 3 is 2.37 bits per heavy atom. The number of hydrogen-bond acceptors (Lipinski definition) is 3. The van der Waals surface area contributed by atoms with Crippen LogP contribution >= 0.6 is 31.9 Å². The minimum Gasteiger partial charge on any atom is -0.267 e. The third-order valence-corrected chi connectivity index (χ3v) is 6.36. The first-order valence-electron chi connectivity index (χ1n) is 9.27. The summed E-state index contributed by atoms with van der Waals surface area (Å²) in [5.41, 5.74) is 7.61. The number of rotatable bonds is 4. The molecule has 0 saturated carbocycles. The number of aromatic nitrogens is 1. The molecule has 0 fully saturated rings. The van der Waals surface area contributed by atoms with E-state index in [-0.39, 0.29) is 5.91 Å². The number of hydrogen-bond donors (Lipinski definition) is 1. The van der Waals surface area contributed by atoms with Crippen molar-refractivity contribution in [1.82, 2.24) is 10.4 Å². The number of amides is 1. The van der Waals surface area contributed by atoms with Crippen molar-refractivity contribution in [1.29, 1.82) is 0 Å². The zero-order valence-corrected chi connectivity index (χ0v) is 19.2. The molecule has 0 bridgehead atoms. The van der Waals surface area contributed by atoms with Gasteiger partial charge >= 0.3 is 0 Å². The van der Waals surface area contributed by atoms with Crippen molar-refractivity contribution in [2.75, 3.05) is 0 Å². The molecule has 6 heteroatoms. The molecule has 1 amide bonds. The highest BCUT2D eigenvalue weighted by atomic mass is 79.9. The Labute approximate surface area is 191 Å². The van der Waals surface area contributed by atoms with E-state index in [4.69, 9.17) is 4.98 Å². The number of nitrogens with zero attached hydrogens (tertiary/aromatic N) is 2. The molecule has 0 aliphatic rings. The van der Waals surface area contributed by atoms with E-state index in [0.717, 1.165) is 42.2 Å². The van der Waals surface area contributed by atoms with E-state index in [2.05, 4.69) is 42.4 Å². The first-order valence-corrected chi connectivity index (χ1v) is 10.9. The van der Waals surface area contributed by atoms with Crippen LogP contribution in [0.15, 0.2) is 86.8 Å². The maximum Gasteiger partial charge on any atom is 0.272 e. The molecule has 4 rings (SSSR count). The number of para-hydroxylation sites is 1. The van der Waals surface area contributed by atoms with Crippen LogP contribution in [0.5, 0.6) is 0 Å². The van der Waals surface area contributed by atoms with E-state index in [1.54, 1.807) is 6.21 Å². The van der Waals surface area contributed by atoms with E-state index < -0.39 is 0 Å². The average molecular weight is 523 g/mol. The predicted molar refractivity (Wildman–Crippen MR) is 129 cm³/mol. The Kier molecular flexibility index (Phi) is 6.06. The van der Waals surface area contributed by atoms with Gasteiger partial charge in [-0.05, 0) is 42.3 Å². The van der Waals surface area contributed by atoms with E-state index in [0.29, 0.717) is 5.56 Å². The summed E-state index contributed by atoms with van der Waals surface area (Å²) in [5, 5.41) is 4.94. The number of benzene rings is 3. The van der Waals surface area contributed by atoms with Crippen molar-refractivity contribution in [3.05, 3.63) is 98.4 Å². The van der Waals surface area contributed by atoms with Crippen molar-refractivity contribution in [2.24, 2.45) is 5.10 Å². The number of pyridine rings is 1. The summed E-state index contributed by atoms with van der Waals surface area (Å²) in [7, 11) is 0. The largest absolute Gasteiger partial charge is 0.272 e. The van der Waals surface area contributed by atoms with Gasteiger partial charge in [0.1, 0.15) is 0 Å². The van der Waals surface area contributed by atoms with Gasteiger partial charge in [-0.15, -0.1) is 0 Å². The molecule has 0 atom stereocenters. The maximum atomic E-state index is 12.9. The van der Waals surface area contributed by atoms with Crippen LogP contribution in [0.3, 0.4) is 0 Å². The molecule has 148 valence electrons. The van der Waals surface area contributed by atoms with Crippen LogP contribution in [-0.2, 0) is 0 Å². The van der Waals surface area contributed by atoms with Crippen LogP contribution in [0, 0.1) is 6.92 Å². The summed E-state index contributed by atoms with van der Waals surface area (Å²) in [6.45, 7) is 2.01. The molecular formula is C24H17Br2N3O. The fourth-order valence-electron chi connectivity index (χ4n) is 3.09. The molecule has 3 aromatic carbocycles. The van der Waals surface area contributed by atoms with Crippen LogP contribution in [0.25, 0.3) is 22.2 Å². The van der Waals surface area contributed by atoms with Crippen LogP contribution in [-0.4, -0.2) is 17.1 Å². The molecule has 0 saturated heterocycles. The van der Waals surface area contributed by atoms with Gasteiger partial charge in [0, 0.05) is 19.9 Å². The molecule has 1 N–H and O–H groups in total. The summed E-state index contributed by atoms with van der Waals surface area (Å²) >= 11 is 7.05. The lowest BCUT2D eigenvalue weighted by Gasteiger charge is -2.09. The van der Waals surface area contributed by atoms with Gasteiger partial charge in [0.05, 0.1) is 23.0 Å². The third kappa shape index (κ3) is 4.35. The topological polar surface area (TPSA) is 54.4 Å². The predicted octanol–water partition coefficient (Wildman–Crippen LogP) is 6.50. The van der Waals surface area contributed by atoms with Crippen LogP contribution < -0.4 is 5.43 Å². The van der Waals surface area contributed by atoms with Gasteiger partial charge in [-0.3, -0.25) is 4.79 Å². The van der Waals surface area contributed by atoms with Crippen LogP contribution in [0.2, 0.25) is 0 Å². The molecule has 0 radical (unpaired) electrons.